The molecule has 6 aliphatic rings. The SMILES string of the molecule is CC1(C)CC[C@]2(NC(=O)NCCCn3ccnc3)CC[C@]3(C)C(=CC[C@@H]4[C@@]5(C)CC[C@@H]6OC(C)(C)OC[C@@]6(C)[C@@H]5CC[C@]43C)[C@@H]2C1. The first-order valence-electron chi connectivity index (χ1n) is 18.6. The van der Waals surface area contributed by atoms with Crippen molar-refractivity contribution in [2.75, 3.05) is 13.2 Å². The third kappa shape index (κ3) is 4.94. The van der Waals surface area contributed by atoms with Crippen molar-refractivity contribution in [3.8, 4) is 0 Å². The highest BCUT2D eigenvalue weighted by atomic mass is 16.7. The molecule has 0 aromatic carbocycles. The number of nitrogens with one attached hydrogen (secondary N) is 2. The molecule has 7 rings (SSSR count). The van der Waals surface area contributed by atoms with E-state index in [0.29, 0.717) is 24.3 Å². The van der Waals surface area contributed by atoms with E-state index in [0.717, 1.165) is 64.5 Å². The monoisotopic (exact) mass is 634 g/mol. The summed E-state index contributed by atoms with van der Waals surface area (Å²) in [4.78, 5) is 17.7. The number of carbonyl (C=O) groups is 1. The van der Waals surface area contributed by atoms with Gasteiger partial charge in [0.25, 0.3) is 0 Å². The fourth-order valence-electron chi connectivity index (χ4n) is 12.5. The van der Waals surface area contributed by atoms with Crippen molar-refractivity contribution in [3.63, 3.8) is 0 Å². The molecule has 5 fully saturated rings. The molecule has 256 valence electrons. The van der Waals surface area contributed by atoms with E-state index < -0.39 is 5.79 Å². The molecule has 1 aromatic heterocycles. The molecule has 9 atom stereocenters. The molecule has 0 spiro atoms. The van der Waals surface area contributed by atoms with Gasteiger partial charge in [0, 0.05) is 42.4 Å². The lowest BCUT2D eigenvalue weighted by atomic mass is 9.34. The van der Waals surface area contributed by atoms with Crippen molar-refractivity contribution in [3.05, 3.63) is 30.4 Å². The van der Waals surface area contributed by atoms with E-state index in [2.05, 4.69) is 81.7 Å². The molecule has 4 saturated carbocycles. The number of aryl methyl sites for hydroxylation is 1. The lowest BCUT2D eigenvalue weighted by molar-refractivity contribution is -0.351. The number of nitrogens with zero attached hydrogens (tertiary/aromatic N) is 2. The third-order valence-corrected chi connectivity index (χ3v) is 15.3. The molecule has 46 heavy (non-hydrogen) atoms. The van der Waals surface area contributed by atoms with Crippen LogP contribution in [0.2, 0.25) is 0 Å². The van der Waals surface area contributed by atoms with Gasteiger partial charge in [-0.3, -0.25) is 0 Å². The highest BCUT2D eigenvalue weighted by Gasteiger charge is 2.70. The maximum Gasteiger partial charge on any atom is 0.315 e. The van der Waals surface area contributed by atoms with Crippen LogP contribution in [-0.4, -0.2) is 46.2 Å². The van der Waals surface area contributed by atoms with Gasteiger partial charge in [0.15, 0.2) is 5.79 Å². The van der Waals surface area contributed by atoms with Crippen LogP contribution in [0.5, 0.6) is 0 Å². The van der Waals surface area contributed by atoms with Crippen LogP contribution in [0, 0.1) is 44.8 Å². The summed E-state index contributed by atoms with van der Waals surface area (Å²) in [7, 11) is 0. The second-order valence-electron chi connectivity index (χ2n) is 18.7. The number of ether oxygens (including phenoxy) is 2. The average Bonchev–Trinajstić information content (AvgIpc) is 3.50. The van der Waals surface area contributed by atoms with Crippen LogP contribution >= 0.6 is 0 Å². The number of fused-ring (bicyclic) bond motifs is 9. The molecule has 0 bridgehead atoms. The van der Waals surface area contributed by atoms with Crippen molar-refractivity contribution in [1.29, 1.82) is 0 Å². The van der Waals surface area contributed by atoms with Gasteiger partial charge in [0.05, 0.1) is 19.0 Å². The molecule has 1 aliphatic heterocycles. The van der Waals surface area contributed by atoms with Gasteiger partial charge < -0.3 is 24.7 Å². The van der Waals surface area contributed by atoms with Crippen molar-refractivity contribution in [1.82, 2.24) is 20.2 Å². The number of amides is 2. The summed E-state index contributed by atoms with van der Waals surface area (Å²) in [6.07, 6.45) is 21.2. The summed E-state index contributed by atoms with van der Waals surface area (Å²) in [6, 6.07) is 0.0116. The molecular weight excluding hydrogens is 572 g/mol. The number of rotatable bonds is 5. The molecule has 1 aromatic rings. The maximum absolute atomic E-state index is 13.5. The Balaban J connectivity index is 1.14. The van der Waals surface area contributed by atoms with E-state index in [9.17, 15) is 4.79 Å². The van der Waals surface area contributed by atoms with Gasteiger partial charge in [0.2, 0.25) is 0 Å². The van der Waals surface area contributed by atoms with Gasteiger partial charge in [-0.05, 0) is 118 Å². The van der Waals surface area contributed by atoms with Crippen LogP contribution in [0.1, 0.15) is 126 Å². The standard InChI is InChI=1S/C39H62N4O3/c1-33(2)16-18-39(42-32(44)41-20-9-22-43-23-21-40-26-43)19-17-37(7)27(28(39)24-33)10-11-30-35(5)14-13-31-36(6,25-45-34(3,4)46-31)29(35)12-15-38(30,37)8/h10,21,23,26,28-31H,9,11-20,22,24-25H2,1-8H3,(H2,41,42,44)/t28-,29+,30+,31-,35-,36-,37+,38+,39-/m0/s1. The normalized spacial score (nSPS) is 45.5. The largest absolute Gasteiger partial charge is 0.350 e. The Morgan fingerprint density at radius 2 is 1.74 bits per heavy atom. The van der Waals surface area contributed by atoms with E-state index in [1.807, 2.05) is 12.5 Å². The molecule has 1 saturated heterocycles. The topological polar surface area (TPSA) is 77.4 Å². The highest BCUT2D eigenvalue weighted by Crippen LogP contribution is 2.75. The quantitative estimate of drug-likeness (QED) is 0.253. The molecule has 7 heteroatoms. The average molecular weight is 635 g/mol. The number of imidazole rings is 1. The maximum atomic E-state index is 13.5. The Hall–Kier alpha value is -1.86. The minimum Gasteiger partial charge on any atom is -0.350 e. The van der Waals surface area contributed by atoms with Crippen LogP contribution in [-0.2, 0) is 16.0 Å². The van der Waals surface area contributed by atoms with Gasteiger partial charge >= 0.3 is 6.03 Å². The van der Waals surface area contributed by atoms with E-state index in [1.54, 1.807) is 11.8 Å². The van der Waals surface area contributed by atoms with E-state index >= 15 is 0 Å². The first-order valence-corrected chi connectivity index (χ1v) is 18.6. The summed E-state index contributed by atoms with van der Waals surface area (Å²) in [5.41, 5.74) is 2.53. The van der Waals surface area contributed by atoms with Crippen LogP contribution in [0.15, 0.2) is 30.4 Å². The molecular formula is C39H62N4O3. The van der Waals surface area contributed by atoms with Gasteiger partial charge in [-0.2, -0.15) is 0 Å². The molecule has 2 amide bonds. The Labute approximate surface area is 278 Å². The second-order valence-corrected chi connectivity index (χ2v) is 18.7. The summed E-state index contributed by atoms with van der Waals surface area (Å²) in [5, 5.41) is 6.88. The van der Waals surface area contributed by atoms with Crippen LogP contribution < -0.4 is 10.6 Å². The van der Waals surface area contributed by atoms with Gasteiger partial charge in [-0.1, -0.05) is 53.2 Å². The molecule has 2 N–H and O–H groups in total. The lowest BCUT2D eigenvalue weighted by Gasteiger charge is -2.72. The van der Waals surface area contributed by atoms with Gasteiger partial charge in [-0.15, -0.1) is 0 Å². The number of urea groups is 1. The van der Waals surface area contributed by atoms with Gasteiger partial charge in [-0.25, -0.2) is 9.78 Å². The third-order valence-electron chi connectivity index (χ3n) is 15.3. The minimum atomic E-state index is -0.481. The predicted octanol–water partition coefficient (Wildman–Crippen LogP) is 8.26. The first kappa shape index (κ1) is 32.7. The minimum absolute atomic E-state index is 0.0116. The van der Waals surface area contributed by atoms with Crippen molar-refractivity contribution >= 4 is 6.03 Å². The number of aromatic nitrogens is 2. The number of hydrogen-bond donors (Lipinski definition) is 2. The Morgan fingerprint density at radius 3 is 2.50 bits per heavy atom. The summed E-state index contributed by atoms with van der Waals surface area (Å²) < 4.78 is 15.1. The van der Waals surface area contributed by atoms with Crippen LogP contribution in [0.3, 0.4) is 0 Å². The summed E-state index contributed by atoms with van der Waals surface area (Å²) >= 11 is 0. The number of hydrogen-bond acceptors (Lipinski definition) is 4. The molecule has 5 aliphatic carbocycles. The zero-order chi connectivity index (χ0) is 32.8. The smallest absolute Gasteiger partial charge is 0.315 e. The zero-order valence-corrected chi connectivity index (χ0v) is 30.1. The summed E-state index contributed by atoms with van der Waals surface area (Å²) in [5.74, 6) is 1.17. The Kier molecular flexibility index (Phi) is 7.69. The van der Waals surface area contributed by atoms with Crippen molar-refractivity contribution in [2.45, 2.75) is 150 Å². The second kappa shape index (κ2) is 10.8. The van der Waals surface area contributed by atoms with E-state index in [1.165, 1.54) is 19.3 Å². The predicted molar refractivity (Wildman–Crippen MR) is 182 cm³/mol. The zero-order valence-electron chi connectivity index (χ0n) is 30.1. The molecule has 7 nitrogen and oxygen atoms in total. The first-order chi connectivity index (χ1) is 21.6. The van der Waals surface area contributed by atoms with E-state index in [-0.39, 0.29) is 44.7 Å². The highest BCUT2D eigenvalue weighted by molar-refractivity contribution is 5.75. The molecule has 0 radical (unpaired) electrons. The number of carbonyl (C=O) groups excluding carboxylic acids is 1. The fourth-order valence-corrected chi connectivity index (χ4v) is 12.5. The number of allylic oxidation sites excluding steroid dienone is 1. The van der Waals surface area contributed by atoms with E-state index in [4.69, 9.17) is 9.47 Å². The summed E-state index contributed by atoms with van der Waals surface area (Å²) in [6.45, 7) is 21.9. The molecule has 0 unspecified atom stereocenters. The Bertz CT molecular complexity index is 1350. The fraction of sp³-hybridized carbons (Fsp3) is 0.846. The van der Waals surface area contributed by atoms with Gasteiger partial charge in [0.1, 0.15) is 0 Å². The molecule has 2 heterocycles. The van der Waals surface area contributed by atoms with Crippen molar-refractivity contribution in [2.24, 2.45) is 44.8 Å². The van der Waals surface area contributed by atoms with Crippen LogP contribution in [0.25, 0.3) is 0 Å². The van der Waals surface area contributed by atoms with Crippen LogP contribution in [0.4, 0.5) is 4.79 Å². The lowest BCUT2D eigenvalue weighted by Crippen LogP contribution is -2.69. The van der Waals surface area contributed by atoms with Crippen molar-refractivity contribution < 1.29 is 14.3 Å². The Morgan fingerprint density at radius 1 is 0.957 bits per heavy atom.